The van der Waals surface area contributed by atoms with E-state index in [-0.39, 0.29) is 0 Å². The molecule has 0 bridgehead atoms. The molecule has 0 amide bonds. The number of fused-ring (bicyclic) bond motifs is 3. The zero-order valence-corrected chi connectivity index (χ0v) is 22.6. The Labute approximate surface area is 233 Å². The molecule has 0 unspecified atom stereocenters. The van der Waals surface area contributed by atoms with Gasteiger partial charge in [-0.1, -0.05) is 66.7 Å². The molecule has 0 atom stereocenters. The van der Waals surface area contributed by atoms with Crippen molar-refractivity contribution in [3.63, 3.8) is 0 Å². The summed E-state index contributed by atoms with van der Waals surface area (Å²) in [5.41, 5.74) is 14.0. The molecule has 4 nitrogen and oxygen atoms in total. The smallest absolute Gasteiger partial charge is 0.144 e. The molecule has 0 radical (unpaired) electrons. The highest BCUT2D eigenvalue weighted by atomic mass is 16.3. The first-order valence-electron chi connectivity index (χ1n) is 13.4. The van der Waals surface area contributed by atoms with E-state index in [1.54, 1.807) is 18.6 Å². The average molecular weight is 518 g/mol. The van der Waals surface area contributed by atoms with Crippen LogP contribution in [0.15, 0.2) is 114 Å². The second-order valence-corrected chi connectivity index (χ2v) is 10.3. The summed E-state index contributed by atoms with van der Waals surface area (Å²) in [4.78, 5) is 13.4. The molecule has 0 N–H and O–H groups in total. The van der Waals surface area contributed by atoms with Crippen LogP contribution in [0, 0.1) is 20.8 Å². The van der Waals surface area contributed by atoms with Crippen molar-refractivity contribution in [2.24, 2.45) is 0 Å². The van der Waals surface area contributed by atoms with E-state index in [4.69, 9.17) is 9.40 Å². The van der Waals surface area contributed by atoms with Crippen molar-refractivity contribution < 1.29 is 4.42 Å². The van der Waals surface area contributed by atoms with Gasteiger partial charge in [-0.2, -0.15) is 0 Å². The van der Waals surface area contributed by atoms with Gasteiger partial charge in [0.15, 0.2) is 0 Å². The minimum absolute atomic E-state index is 0.874. The summed E-state index contributed by atoms with van der Waals surface area (Å²) in [6, 6.07) is 29.8. The Balaban J connectivity index is 1.29. The molecule has 7 aromatic rings. The van der Waals surface area contributed by atoms with E-state index in [2.05, 4.69) is 97.5 Å². The van der Waals surface area contributed by atoms with Gasteiger partial charge in [-0.15, -0.1) is 0 Å². The number of nitrogens with zero attached hydrogens (tertiary/aromatic N) is 3. The molecule has 0 aliphatic rings. The molecule has 0 aliphatic carbocycles. The molecule has 7 rings (SSSR count). The molecule has 0 aliphatic heterocycles. The van der Waals surface area contributed by atoms with E-state index in [1.807, 2.05) is 24.4 Å². The molecule has 0 saturated carbocycles. The van der Waals surface area contributed by atoms with Crippen molar-refractivity contribution in [1.82, 2.24) is 15.0 Å². The van der Waals surface area contributed by atoms with Gasteiger partial charge in [0, 0.05) is 40.5 Å². The molecule has 0 fully saturated rings. The quantitative estimate of drug-likeness (QED) is 0.233. The van der Waals surface area contributed by atoms with Crippen LogP contribution in [0.4, 0.5) is 0 Å². The van der Waals surface area contributed by atoms with Gasteiger partial charge in [0.05, 0.1) is 17.6 Å². The number of hydrogen-bond donors (Lipinski definition) is 0. The molecule has 4 aromatic carbocycles. The monoisotopic (exact) mass is 517 g/mol. The second kappa shape index (κ2) is 9.58. The average Bonchev–Trinajstić information content (AvgIpc) is 3.37. The Morgan fingerprint density at radius 3 is 2.08 bits per heavy atom. The Kier molecular flexibility index (Phi) is 5.75. The first-order chi connectivity index (χ1) is 19.6. The van der Waals surface area contributed by atoms with Crippen molar-refractivity contribution >= 4 is 21.9 Å². The van der Waals surface area contributed by atoms with Crippen molar-refractivity contribution in [1.29, 1.82) is 0 Å². The third-order valence-electron chi connectivity index (χ3n) is 7.66. The standard InChI is InChI=1S/C36H27N3O/c1-22-17-27(25-11-13-26(14-12-25)33-21-37-15-16-38-33)18-23(2)35(22)31-19-32(39-20-24(31)3)30-9-6-8-29-28-7-4-5-10-34(28)40-36(29)30/h4-21H,1-3H3. The van der Waals surface area contributed by atoms with E-state index in [0.717, 1.165) is 50.0 Å². The first kappa shape index (κ1) is 24.0. The van der Waals surface area contributed by atoms with E-state index in [1.165, 1.54) is 33.4 Å². The molecule has 4 heteroatoms. The summed E-state index contributed by atoms with van der Waals surface area (Å²) < 4.78 is 6.32. The summed E-state index contributed by atoms with van der Waals surface area (Å²) in [6.45, 7) is 6.52. The Morgan fingerprint density at radius 2 is 1.30 bits per heavy atom. The minimum Gasteiger partial charge on any atom is -0.455 e. The highest BCUT2D eigenvalue weighted by Gasteiger charge is 2.16. The van der Waals surface area contributed by atoms with E-state index in [9.17, 15) is 0 Å². The van der Waals surface area contributed by atoms with Crippen molar-refractivity contribution in [2.45, 2.75) is 20.8 Å². The number of benzene rings is 4. The molecule has 0 saturated heterocycles. The number of aryl methyl sites for hydroxylation is 3. The van der Waals surface area contributed by atoms with E-state index < -0.39 is 0 Å². The largest absolute Gasteiger partial charge is 0.455 e. The molecule has 3 aromatic heterocycles. The van der Waals surface area contributed by atoms with Crippen molar-refractivity contribution in [3.8, 4) is 44.8 Å². The van der Waals surface area contributed by atoms with Crippen LogP contribution in [0.2, 0.25) is 0 Å². The third kappa shape index (κ3) is 4.05. The molecular weight excluding hydrogens is 490 g/mol. The summed E-state index contributed by atoms with van der Waals surface area (Å²) in [5, 5.41) is 2.23. The van der Waals surface area contributed by atoms with Gasteiger partial charge in [-0.3, -0.25) is 15.0 Å². The lowest BCUT2D eigenvalue weighted by atomic mass is 9.89. The molecule has 3 heterocycles. The van der Waals surface area contributed by atoms with Crippen LogP contribution >= 0.6 is 0 Å². The van der Waals surface area contributed by atoms with Crippen LogP contribution in [0.1, 0.15) is 16.7 Å². The number of furan rings is 1. The Bertz CT molecular complexity index is 2000. The highest BCUT2D eigenvalue weighted by Crippen LogP contribution is 2.39. The summed E-state index contributed by atoms with van der Waals surface area (Å²) >= 11 is 0. The molecule has 0 spiro atoms. The van der Waals surface area contributed by atoms with Gasteiger partial charge in [0.2, 0.25) is 0 Å². The minimum atomic E-state index is 0.874. The predicted octanol–water partition coefficient (Wildman–Crippen LogP) is 9.36. The van der Waals surface area contributed by atoms with E-state index >= 15 is 0 Å². The van der Waals surface area contributed by atoms with Gasteiger partial charge in [-0.05, 0) is 77.9 Å². The maximum absolute atomic E-state index is 6.32. The SMILES string of the molecule is Cc1cnc(-c2cccc3c2oc2ccccc23)cc1-c1c(C)cc(-c2ccc(-c3cnccn3)cc2)cc1C. The lowest BCUT2D eigenvalue weighted by molar-refractivity contribution is 0.670. The summed E-state index contributed by atoms with van der Waals surface area (Å²) in [7, 11) is 0. The number of pyridine rings is 1. The van der Waals surface area contributed by atoms with Crippen LogP contribution in [-0.2, 0) is 0 Å². The fourth-order valence-electron chi connectivity index (χ4n) is 5.73. The van der Waals surface area contributed by atoms with Crippen LogP contribution in [0.3, 0.4) is 0 Å². The molecule has 40 heavy (non-hydrogen) atoms. The maximum Gasteiger partial charge on any atom is 0.144 e. The molecular formula is C36H27N3O. The highest BCUT2D eigenvalue weighted by molar-refractivity contribution is 6.09. The Hall–Kier alpha value is -5.09. The van der Waals surface area contributed by atoms with Gasteiger partial charge in [0.1, 0.15) is 11.2 Å². The van der Waals surface area contributed by atoms with Crippen LogP contribution in [0.25, 0.3) is 66.7 Å². The summed E-state index contributed by atoms with van der Waals surface area (Å²) in [6.07, 6.45) is 7.18. The normalized spacial score (nSPS) is 11.4. The van der Waals surface area contributed by atoms with Crippen LogP contribution in [0.5, 0.6) is 0 Å². The fraction of sp³-hybridized carbons (Fsp3) is 0.0833. The van der Waals surface area contributed by atoms with Crippen LogP contribution < -0.4 is 0 Å². The summed E-state index contributed by atoms with van der Waals surface area (Å²) in [5.74, 6) is 0. The first-order valence-corrected chi connectivity index (χ1v) is 13.4. The lowest BCUT2D eigenvalue weighted by Crippen LogP contribution is -1.95. The second-order valence-electron chi connectivity index (χ2n) is 10.3. The fourth-order valence-corrected chi connectivity index (χ4v) is 5.73. The number of aromatic nitrogens is 3. The third-order valence-corrected chi connectivity index (χ3v) is 7.66. The lowest BCUT2D eigenvalue weighted by Gasteiger charge is -2.16. The number of hydrogen-bond acceptors (Lipinski definition) is 4. The van der Waals surface area contributed by atoms with Gasteiger partial charge >= 0.3 is 0 Å². The maximum atomic E-state index is 6.32. The number of rotatable bonds is 4. The number of para-hydroxylation sites is 2. The van der Waals surface area contributed by atoms with E-state index in [0.29, 0.717) is 0 Å². The predicted molar refractivity (Wildman–Crippen MR) is 163 cm³/mol. The topological polar surface area (TPSA) is 51.8 Å². The molecule has 192 valence electrons. The van der Waals surface area contributed by atoms with Gasteiger partial charge in [-0.25, -0.2) is 0 Å². The van der Waals surface area contributed by atoms with Crippen molar-refractivity contribution in [3.05, 3.63) is 126 Å². The van der Waals surface area contributed by atoms with Crippen LogP contribution in [-0.4, -0.2) is 15.0 Å². The van der Waals surface area contributed by atoms with Gasteiger partial charge < -0.3 is 4.42 Å². The van der Waals surface area contributed by atoms with Crippen molar-refractivity contribution in [2.75, 3.05) is 0 Å². The zero-order valence-electron chi connectivity index (χ0n) is 22.6. The zero-order chi connectivity index (χ0) is 27.2. The Morgan fingerprint density at radius 1 is 0.550 bits per heavy atom. The van der Waals surface area contributed by atoms with Gasteiger partial charge in [0.25, 0.3) is 0 Å².